The van der Waals surface area contributed by atoms with E-state index < -0.39 is 18.1 Å². The predicted octanol–water partition coefficient (Wildman–Crippen LogP) is 0.810. The first-order chi connectivity index (χ1) is 10.1. The smallest absolute Gasteiger partial charge is 0.372 e. The molecule has 0 radical (unpaired) electrons. The molecule has 0 aliphatic carbocycles. The Kier molecular flexibility index (Phi) is 3.34. The molecule has 2 bridgehead atoms. The number of carbonyl (C=O) groups is 3. The van der Waals surface area contributed by atoms with Crippen LogP contribution in [0.2, 0.25) is 0 Å². The number of hydrogen-bond donors (Lipinski definition) is 0. The number of hydrogen-bond acceptors (Lipinski definition) is 5. The summed E-state index contributed by atoms with van der Waals surface area (Å²) in [6.07, 6.45) is -0.290. The van der Waals surface area contributed by atoms with Gasteiger partial charge in [-0.05, 0) is 12.1 Å². The Labute approximate surface area is 121 Å². The van der Waals surface area contributed by atoms with Gasteiger partial charge < -0.3 is 4.74 Å². The standard InChI is InChI=1S/C14H14N2O5/c1-20-16-10-7-11(12(16)17)15(8-10)14(19)21-13(18)9-5-3-2-4-6-9/h2-6,10-11H,7-8H2,1H3/t10-,11-/m0/s1. The van der Waals surface area contributed by atoms with Gasteiger partial charge in [0.15, 0.2) is 0 Å². The number of hydroxylamine groups is 2. The Balaban J connectivity index is 1.66. The van der Waals surface area contributed by atoms with Crippen LogP contribution < -0.4 is 0 Å². The van der Waals surface area contributed by atoms with Gasteiger partial charge in [-0.3, -0.25) is 14.5 Å². The lowest BCUT2D eigenvalue weighted by atomic mass is 10.2. The van der Waals surface area contributed by atoms with Gasteiger partial charge in [0.25, 0.3) is 5.91 Å². The molecule has 0 N–H and O–H groups in total. The number of amides is 2. The van der Waals surface area contributed by atoms with Crippen LogP contribution in [0.4, 0.5) is 4.79 Å². The first kappa shape index (κ1) is 13.6. The van der Waals surface area contributed by atoms with E-state index >= 15 is 0 Å². The number of esters is 1. The van der Waals surface area contributed by atoms with Crippen LogP contribution in [0, 0.1) is 0 Å². The van der Waals surface area contributed by atoms with Crippen molar-refractivity contribution < 1.29 is 24.0 Å². The summed E-state index contributed by atoms with van der Waals surface area (Å²) in [4.78, 5) is 42.1. The molecule has 0 unspecified atom stereocenters. The molecule has 1 aromatic carbocycles. The molecule has 0 saturated carbocycles. The van der Waals surface area contributed by atoms with Gasteiger partial charge in [-0.15, -0.1) is 0 Å². The minimum absolute atomic E-state index is 0.174. The number of benzene rings is 1. The lowest BCUT2D eigenvalue weighted by Crippen LogP contribution is -2.52. The van der Waals surface area contributed by atoms with Crippen LogP contribution in [0.15, 0.2) is 30.3 Å². The van der Waals surface area contributed by atoms with Crippen LogP contribution in [0.25, 0.3) is 0 Å². The van der Waals surface area contributed by atoms with Gasteiger partial charge in [-0.25, -0.2) is 14.7 Å². The number of piperazine rings is 1. The highest BCUT2D eigenvalue weighted by molar-refractivity contribution is 5.98. The van der Waals surface area contributed by atoms with E-state index in [1.165, 1.54) is 17.1 Å². The Morgan fingerprint density at radius 1 is 1.24 bits per heavy atom. The van der Waals surface area contributed by atoms with Crippen molar-refractivity contribution in [1.82, 2.24) is 9.96 Å². The van der Waals surface area contributed by atoms with Crippen molar-refractivity contribution in [1.29, 1.82) is 0 Å². The summed E-state index contributed by atoms with van der Waals surface area (Å²) in [5.41, 5.74) is 0.292. The zero-order valence-electron chi connectivity index (χ0n) is 11.4. The Bertz CT molecular complexity index is 588. The van der Waals surface area contributed by atoms with E-state index in [9.17, 15) is 14.4 Å². The summed E-state index contributed by atoms with van der Waals surface area (Å²) >= 11 is 0. The molecule has 2 aliphatic rings. The monoisotopic (exact) mass is 290 g/mol. The highest BCUT2D eigenvalue weighted by atomic mass is 16.7. The number of carbonyl (C=O) groups excluding carboxylic acids is 3. The number of ether oxygens (including phenoxy) is 1. The Hall–Kier alpha value is -2.41. The number of nitrogens with zero attached hydrogens (tertiary/aromatic N) is 2. The van der Waals surface area contributed by atoms with Gasteiger partial charge in [0.2, 0.25) is 0 Å². The molecule has 2 heterocycles. The maximum atomic E-state index is 12.0. The van der Waals surface area contributed by atoms with Crippen molar-refractivity contribution >= 4 is 18.0 Å². The largest absolute Gasteiger partial charge is 0.418 e. The maximum absolute atomic E-state index is 12.0. The third-order valence-corrected chi connectivity index (χ3v) is 3.73. The second-order valence-corrected chi connectivity index (χ2v) is 4.93. The summed E-state index contributed by atoms with van der Waals surface area (Å²) in [5.74, 6) is -1.00. The lowest BCUT2D eigenvalue weighted by molar-refractivity contribution is -0.186. The third kappa shape index (κ3) is 2.25. The Morgan fingerprint density at radius 3 is 2.57 bits per heavy atom. The highest BCUT2D eigenvalue weighted by Crippen LogP contribution is 2.32. The van der Waals surface area contributed by atoms with Crippen molar-refractivity contribution in [3.05, 3.63) is 35.9 Å². The molecule has 0 spiro atoms. The first-order valence-corrected chi connectivity index (χ1v) is 6.57. The highest BCUT2D eigenvalue weighted by Gasteiger charge is 2.53. The number of rotatable bonds is 2. The van der Waals surface area contributed by atoms with E-state index in [1.54, 1.807) is 30.3 Å². The summed E-state index contributed by atoms with van der Waals surface area (Å²) in [6.45, 7) is 0.311. The molecule has 2 fully saturated rings. The molecular weight excluding hydrogens is 276 g/mol. The predicted molar refractivity (Wildman–Crippen MR) is 70.0 cm³/mol. The fourth-order valence-corrected chi connectivity index (χ4v) is 2.76. The fourth-order valence-electron chi connectivity index (χ4n) is 2.76. The van der Waals surface area contributed by atoms with Crippen molar-refractivity contribution in [2.24, 2.45) is 0 Å². The van der Waals surface area contributed by atoms with Crippen LogP contribution in [0.1, 0.15) is 16.8 Å². The number of likely N-dealkylation sites (tertiary alicyclic amines) is 1. The van der Waals surface area contributed by atoms with Crippen LogP contribution in [0.3, 0.4) is 0 Å². The van der Waals surface area contributed by atoms with Crippen molar-refractivity contribution in [2.45, 2.75) is 18.5 Å². The van der Waals surface area contributed by atoms with E-state index in [-0.39, 0.29) is 11.9 Å². The van der Waals surface area contributed by atoms with Gasteiger partial charge >= 0.3 is 12.1 Å². The van der Waals surface area contributed by atoms with Gasteiger partial charge in [0, 0.05) is 13.0 Å². The SMILES string of the molecule is CON1C(=O)[C@@H]2C[C@H]1CN2C(=O)OC(=O)c1ccccc1. The second-order valence-electron chi connectivity index (χ2n) is 4.93. The molecule has 2 saturated heterocycles. The third-order valence-electron chi connectivity index (χ3n) is 3.73. The summed E-state index contributed by atoms with van der Waals surface area (Å²) in [5, 5.41) is 1.27. The first-order valence-electron chi connectivity index (χ1n) is 6.57. The van der Waals surface area contributed by atoms with Crippen molar-refractivity contribution in [2.75, 3.05) is 13.7 Å². The molecule has 2 amide bonds. The molecule has 2 aliphatic heterocycles. The molecular formula is C14H14N2O5. The van der Waals surface area contributed by atoms with Gasteiger partial charge in [-0.2, -0.15) is 0 Å². The number of fused-ring (bicyclic) bond motifs is 2. The molecule has 21 heavy (non-hydrogen) atoms. The summed E-state index contributed by atoms with van der Waals surface area (Å²) in [6, 6.07) is 7.46. The average molecular weight is 290 g/mol. The van der Waals surface area contributed by atoms with E-state index in [2.05, 4.69) is 0 Å². The zero-order valence-corrected chi connectivity index (χ0v) is 11.4. The van der Waals surface area contributed by atoms with E-state index in [1.807, 2.05) is 0 Å². The van der Waals surface area contributed by atoms with Crippen LogP contribution in [0.5, 0.6) is 0 Å². The molecule has 1 aromatic rings. The average Bonchev–Trinajstić information content (AvgIpc) is 3.05. The Morgan fingerprint density at radius 2 is 1.95 bits per heavy atom. The van der Waals surface area contributed by atoms with E-state index in [0.717, 1.165) is 0 Å². The maximum Gasteiger partial charge on any atom is 0.418 e. The summed E-state index contributed by atoms with van der Waals surface area (Å²) in [7, 11) is 1.42. The lowest BCUT2D eigenvalue weighted by Gasteiger charge is -2.30. The van der Waals surface area contributed by atoms with Gasteiger partial charge in [-0.1, -0.05) is 18.2 Å². The minimum atomic E-state index is -0.791. The molecule has 110 valence electrons. The second kappa shape index (κ2) is 5.17. The van der Waals surface area contributed by atoms with Crippen molar-refractivity contribution in [3.8, 4) is 0 Å². The normalized spacial score (nSPS) is 23.6. The van der Waals surface area contributed by atoms with E-state index in [0.29, 0.717) is 18.5 Å². The summed E-state index contributed by atoms with van der Waals surface area (Å²) < 4.78 is 4.83. The topological polar surface area (TPSA) is 76.2 Å². The van der Waals surface area contributed by atoms with Crippen molar-refractivity contribution in [3.63, 3.8) is 0 Å². The molecule has 7 heteroatoms. The van der Waals surface area contributed by atoms with Crippen LogP contribution >= 0.6 is 0 Å². The van der Waals surface area contributed by atoms with Gasteiger partial charge in [0.05, 0.1) is 18.7 Å². The van der Waals surface area contributed by atoms with Gasteiger partial charge in [0.1, 0.15) is 6.04 Å². The molecule has 7 nitrogen and oxygen atoms in total. The molecule has 3 rings (SSSR count). The van der Waals surface area contributed by atoms with Crippen LogP contribution in [-0.4, -0.2) is 53.7 Å². The van der Waals surface area contributed by atoms with Crippen LogP contribution in [-0.2, 0) is 14.4 Å². The van der Waals surface area contributed by atoms with E-state index in [4.69, 9.17) is 9.57 Å². The fraction of sp³-hybridized carbons (Fsp3) is 0.357. The minimum Gasteiger partial charge on any atom is -0.372 e. The quantitative estimate of drug-likeness (QED) is 0.595. The zero-order chi connectivity index (χ0) is 15.0. The molecule has 0 aromatic heterocycles. The molecule has 2 atom stereocenters.